The maximum absolute atomic E-state index is 11.7. The van der Waals surface area contributed by atoms with Crippen LogP contribution < -0.4 is 5.73 Å². The van der Waals surface area contributed by atoms with Crippen molar-refractivity contribution in [1.29, 1.82) is 0 Å². The molecular weight excluding hydrogens is 208 g/mol. The lowest BCUT2D eigenvalue weighted by atomic mass is 10.0. The molecule has 0 saturated carbocycles. The molecule has 1 saturated heterocycles. The summed E-state index contributed by atoms with van der Waals surface area (Å²) in [5.74, 6) is 0.178. The fraction of sp³-hybridized carbons (Fsp3) is 0.909. The lowest BCUT2D eigenvalue weighted by Gasteiger charge is -2.25. The van der Waals surface area contributed by atoms with Crippen molar-refractivity contribution in [2.24, 2.45) is 11.7 Å². The number of rotatable bonds is 2. The van der Waals surface area contributed by atoms with E-state index >= 15 is 0 Å². The molecule has 1 heterocycles. The van der Waals surface area contributed by atoms with Gasteiger partial charge in [0.2, 0.25) is 0 Å². The third-order valence-corrected chi connectivity index (χ3v) is 2.69. The van der Waals surface area contributed by atoms with Crippen molar-refractivity contribution >= 4 is 6.09 Å². The van der Waals surface area contributed by atoms with E-state index in [1.165, 1.54) is 0 Å². The van der Waals surface area contributed by atoms with Crippen molar-refractivity contribution in [2.75, 3.05) is 19.7 Å². The molecule has 3 N–H and O–H groups in total. The van der Waals surface area contributed by atoms with E-state index in [1.54, 1.807) is 4.90 Å². The van der Waals surface area contributed by atoms with Crippen LogP contribution in [-0.2, 0) is 4.74 Å². The largest absolute Gasteiger partial charge is 0.444 e. The zero-order valence-electron chi connectivity index (χ0n) is 10.3. The Kier molecular flexibility index (Phi) is 4.15. The molecule has 5 nitrogen and oxygen atoms in total. The summed E-state index contributed by atoms with van der Waals surface area (Å²) in [5, 5.41) is 8.95. The summed E-state index contributed by atoms with van der Waals surface area (Å²) in [4.78, 5) is 13.4. The number of carbonyl (C=O) groups is 1. The maximum atomic E-state index is 11.7. The van der Waals surface area contributed by atoms with E-state index in [0.29, 0.717) is 13.1 Å². The molecule has 2 atom stereocenters. The lowest BCUT2D eigenvalue weighted by Crippen LogP contribution is -2.38. The van der Waals surface area contributed by atoms with Crippen LogP contribution in [0.3, 0.4) is 0 Å². The Hall–Kier alpha value is -0.810. The number of aliphatic hydroxyl groups excluding tert-OH is 1. The van der Waals surface area contributed by atoms with Crippen LogP contribution in [0, 0.1) is 5.92 Å². The van der Waals surface area contributed by atoms with E-state index in [4.69, 9.17) is 15.6 Å². The normalized spacial score (nSPS) is 23.3. The van der Waals surface area contributed by atoms with Gasteiger partial charge in [-0.25, -0.2) is 4.79 Å². The van der Waals surface area contributed by atoms with E-state index in [1.807, 2.05) is 20.8 Å². The van der Waals surface area contributed by atoms with Gasteiger partial charge in [0.15, 0.2) is 0 Å². The minimum atomic E-state index is -0.464. The van der Waals surface area contributed by atoms with Gasteiger partial charge in [0.25, 0.3) is 0 Å². The molecule has 94 valence electrons. The molecule has 16 heavy (non-hydrogen) atoms. The second-order valence-electron chi connectivity index (χ2n) is 5.32. The van der Waals surface area contributed by atoms with Crippen LogP contribution in [-0.4, -0.2) is 47.4 Å². The highest BCUT2D eigenvalue weighted by atomic mass is 16.6. The SMILES string of the molecule is CC(C)(C)OC(=O)N1CCC([C@@H](N)CO)C1. The van der Waals surface area contributed by atoms with Crippen LogP contribution in [0.25, 0.3) is 0 Å². The summed E-state index contributed by atoms with van der Waals surface area (Å²) >= 11 is 0. The van der Waals surface area contributed by atoms with Crippen molar-refractivity contribution in [3.05, 3.63) is 0 Å². The number of carbonyl (C=O) groups excluding carboxylic acids is 1. The molecule has 0 aromatic rings. The molecule has 1 fully saturated rings. The van der Waals surface area contributed by atoms with Crippen molar-refractivity contribution in [2.45, 2.75) is 38.8 Å². The highest BCUT2D eigenvalue weighted by Gasteiger charge is 2.32. The van der Waals surface area contributed by atoms with Gasteiger partial charge in [-0.2, -0.15) is 0 Å². The van der Waals surface area contributed by atoms with E-state index in [-0.39, 0.29) is 24.7 Å². The average Bonchev–Trinajstić information content (AvgIpc) is 2.62. The van der Waals surface area contributed by atoms with Crippen LogP contribution in [0.1, 0.15) is 27.2 Å². The quantitative estimate of drug-likeness (QED) is 0.727. The molecule has 0 aromatic carbocycles. The Morgan fingerprint density at radius 2 is 2.25 bits per heavy atom. The van der Waals surface area contributed by atoms with Gasteiger partial charge < -0.3 is 20.5 Å². The van der Waals surface area contributed by atoms with Gasteiger partial charge in [-0.05, 0) is 33.1 Å². The Labute approximate surface area is 96.6 Å². The summed E-state index contributed by atoms with van der Waals surface area (Å²) in [6.07, 6.45) is 0.543. The van der Waals surface area contributed by atoms with E-state index in [2.05, 4.69) is 0 Å². The fourth-order valence-corrected chi connectivity index (χ4v) is 1.78. The summed E-state index contributed by atoms with van der Waals surface area (Å²) < 4.78 is 5.27. The number of hydrogen-bond acceptors (Lipinski definition) is 4. The minimum Gasteiger partial charge on any atom is -0.444 e. The molecule has 0 aromatic heterocycles. The van der Waals surface area contributed by atoms with Crippen molar-refractivity contribution in [3.8, 4) is 0 Å². The highest BCUT2D eigenvalue weighted by molar-refractivity contribution is 5.68. The van der Waals surface area contributed by atoms with Crippen LogP contribution in [0.4, 0.5) is 4.79 Å². The standard InChI is InChI=1S/C11H22N2O3/c1-11(2,3)16-10(15)13-5-4-8(6-13)9(12)7-14/h8-9,14H,4-7,12H2,1-3H3/t8?,9-/m0/s1. The number of hydrogen-bond donors (Lipinski definition) is 2. The third-order valence-electron chi connectivity index (χ3n) is 2.69. The average molecular weight is 230 g/mol. The minimum absolute atomic E-state index is 0.0349. The molecule has 1 amide bonds. The molecular formula is C11H22N2O3. The smallest absolute Gasteiger partial charge is 0.410 e. The van der Waals surface area contributed by atoms with Crippen LogP contribution in [0.15, 0.2) is 0 Å². The summed E-state index contributed by atoms with van der Waals surface area (Å²) in [6, 6.07) is -0.243. The predicted octanol–water partition coefficient (Wildman–Crippen LogP) is 0.563. The second-order valence-corrected chi connectivity index (χ2v) is 5.32. The number of likely N-dealkylation sites (tertiary alicyclic amines) is 1. The molecule has 1 aliphatic heterocycles. The van der Waals surface area contributed by atoms with Crippen LogP contribution in [0.5, 0.6) is 0 Å². The molecule has 0 spiro atoms. The number of amides is 1. The Balaban J connectivity index is 2.44. The maximum Gasteiger partial charge on any atom is 0.410 e. The highest BCUT2D eigenvalue weighted by Crippen LogP contribution is 2.21. The lowest BCUT2D eigenvalue weighted by molar-refractivity contribution is 0.0284. The Bertz CT molecular complexity index is 250. The Morgan fingerprint density at radius 3 is 2.75 bits per heavy atom. The van der Waals surface area contributed by atoms with E-state index in [9.17, 15) is 4.79 Å². The first kappa shape index (κ1) is 13.3. The van der Waals surface area contributed by atoms with E-state index in [0.717, 1.165) is 6.42 Å². The van der Waals surface area contributed by atoms with Crippen LogP contribution in [0.2, 0.25) is 0 Å². The zero-order chi connectivity index (χ0) is 12.3. The van der Waals surface area contributed by atoms with Crippen molar-refractivity contribution in [1.82, 2.24) is 4.90 Å². The summed E-state index contributed by atoms with van der Waals surface area (Å²) in [6.45, 7) is 6.74. The van der Waals surface area contributed by atoms with Gasteiger partial charge in [-0.15, -0.1) is 0 Å². The molecule has 1 rings (SSSR count). The zero-order valence-corrected chi connectivity index (χ0v) is 10.3. The molecule has 0 radical (unpaired) electrons. The number of nitrogens with zero attached hydrogens (tertiary/aromatic N) is 1. The predicted molar refractivity (Wildman–Crippen MR) is 61.0 cm³/mol. The Morgan fingerprint density at radius 1 is 1.62 bits per heavy atom. The van der Waals surface area contributed by atoms with Gasteiger partial charge in [-0.1, -0.05) is 0 Å². The van der Waals surface area contributed by atoms with Gasteiger partial charge in [0, 0.05) is 19.1 Å². The van der Waals surface area contributed by atoms with Gasteiger partial charge in [0.1, 0.15) is 5.60 Å². The van der Waals surface area contributed by atoms with Gasteiger partial charge >= 0.3 is 6.09 Å². The molecule has 5 heteroatoms. The molecule has 0 aliphatic carbocycles. The first-order chi connectivity index (χ1) is 7.33. The second kappa shape index (κ2) is 5.01. The van der Waals surface area contributed by atoms with Crippen LogP contribution >= 0.6 is 0 Å². The summed E-state index contributed by atoms with van der Waals surface area (Å²) in [5.41, 5.74) is 5.28. The third kappa shape index (κ3) is 3.64. The monoisotopic (exact) mass is 230 g/mol. The van der Waals surface area contributed by atoms with Gasteiger partial charge in [-0.3, -0.25) is 0 Å². The number of aliphatic hydroxyl groups is 1. The van der Waals surface area contributed by atoms with Crippen molar-refractivity contribution < 1.29 is 14.6 Å². The fourth-order valence-electron chi connectivity index (χ4n) is 1.78. The van der Waals surface area contributed by atoms with E-state index < -0.39 is 5.60 Å². The first-order valence-electron chi connectivity index (χ1n) is 5.68. The number of nitrogens with two attached hydrogens (primary N) is 1. The molecule has 1 unspecified atom stereocenters. The topological polar surface area (TPSA) is 75.8 Å². The first-order valence-corrected chi connectivity index (χ1v) is 5.68. The molecule has 0 bridgehead atoms. The van der Waals surface area contributed by atoms with Gasteiger partial charge in [0.05, 0.1) is 6.61 Å². The van der Waals surface area contributed by atoms with Crippen molar-refractivity contribution in [3.63, 3.8) is 0 Å². The molecule has 1 aliphatic rings. The summed E-state index contributed by atoms with van der Waals surface area (Å²) in [7, 11) is 0. The number of ether oxygens (including phenoxy) is 1.